The number of fused-ring (bicyclic) bond motifs is 3. The summed E-state index contributed by atoms with van der Waals surface area (Å²) in [6, 6.07) is 0. The molecular formula is C15H20N4O2. The lowest BCUT2D eigenvalue weighted by Gasteiger charge is -2.21. The minimum Gasteiger partial charge on any atom is -0.383 e. The number of carbonyl (C=O) groups is 1. The van der Waals surface area contributed by atoms with Crippen molar-refractivity contribution < 1.29 is 9.53 Å². The topological polar surface area (TPSA) is 68.5 Å². The van der Waals surface area contributed by atoms with E-state index in [1.807, 2.05) is 10.7 Å². The van der Waals surface area contributed by atoms with Crippen molar-refractivity contribution in [2.45, 2.75) is 26.2 Å². The zero-order valence-corrected chi connectivity index (χ0v) is 12.4. The third-order valence-corrected chi connectivity index (χ3v) is 3.99. The summed E-state index contributed by atoms with van der Waals surface area (Å²) >= 11 is 0. The smallest absolute Gasteiger partial charge is 0.256 e. The lowest BCUT2D eigenvalue weighted by molar-refractivity contribution is 0.0938. The average Bonchev–Trinajstić information content (AvgIpc) is 2.91. The number of amides is 1. The Kier molecular flexibility index (Phi) is 3.88. The molecule has 1 atom stereocenters. The van der Waals surface area contributed by atoms with E-state index in [9.17, 15) is 4.79 Å². The molecule has 2 aromatic heterocycles. The Hall–Kier alpha value is -1.95. The molecule has 1 aliphatic carbocycles. The Morgan fingerprint density at radius 1 is 1.52 bits per heavy atom. The zero-order chi connectivity index (χ0) is 14.8. The molecule has 112 valence electrons. The van der Waals surface area contributed by atoms with Gasteiger partial charge in [0.25, 0.3) is 5.91 Å². The van der Waals surface area contributed by atoms with E-state index < -0.39 is 0 Å². The van der Waals surface area contributed by atoms with Gasteiger partial charge < -0.3 is 10.1 Å². The molecule has 6 nitrogen and oxygen atoms in total. The fourth-order valence-electron chi connectivity index (χ4n) is 2.83. The molecule has 0 spiro atoms. The normalized spacial score (nSPS) is 17.7. The summed E-state index contributed by atoms with van der Waals surface area (Å²) in [6.45, 7) is 3.23. The Morgan fingerprint density at radius 2 is 2.38 bits per heavy atom. The van der Waals surface area contributed by atoms with Gasteiger partial charge in [0.1, 0.15) is 5.56 Å². The first-order valence-electron chi connectivity index (χ1n) is 7.32. The maximum absolute atomic E-state index is 12.2. The van der Waals surface area contributed by atoms with Gasteiger partial charge in [-0.25, -0.2) is 9.50 Å². The van der Waals surface area contributed by atoms with Gasteiger partial charge in [0.2, 0.25) is 0 Å². The van der Waals surface area contributed by atoms with Gasteiger partial charge in [0.05, 0.1) is 12.8 Å². The summed E-state index contributed by atoms with van der Waals surface area (Å²) in [4.78, 5) is 16.6. The highest BCUT2D eigenvalue weighted by Gasteiger charge is 2.21. The molecule has 0 saturated heterocycles. The SMILES string of the molecule is COCCNC(=O)c1cnn2c3c(cnc12)CC(C)CC3. The van der Waals surface area contributed by atoms with Crippen molar-refractivity contribution in [1.29, 1.82) is 0 Å². The number of aromatic nitrogens is 3. The molecule has 3 rings (SSSR count). The standard InChI is InChI=1S/C15H20N4O2/c1-10-3-4-13-11(7-10)8-17-14-12(9-18-19(13)14)15(20)16-5-6-21-2/h8-10H,3-7H2,1-2H3,(H,16,20). The van der Waals surface area contributed by atoms with Crippen LogP contribution in [-0.2, 0) is 17.6 Å². The minimum absolute atomic E-state index is 0.154. The Bertz CT molecular complexity index is 665. The second-order valence-corrected chi connectivity index (χ2v) is 5.62. The average molecular weight is 288 g/mol. The Labute approximate surface area is 123 Å². The van der Waals surface area contributed by atoms with E-state index in [0.29, 0.717) is 30.3 Å². The molecule has 0 bridgehead atoms. The summed E-state index contributed by atoms with van der Waals surface area (Å²) in [7, 11) is 1.61. The molecule has 1 amide bonds. The van der Waals surface area contributed by atoms with Crippen molar-refractivity contribution in [2.24, 2.45) is 5.92 Å². The highest BCUT2D eigenvalue weighted by molar-refractivity contribution is 5.99. The molecule has 2 aromatic rings. The van der Waals surface area contributed by atoms with Crippen molar-refractivity contribution >= 4 is 11.6 Å². The lowest BCUT2D eigenvalue weighted by Crippen LogP contribution is -2.27. The van der Waals surface area contributed by atoms with E-state index in [1.54, 1.807) is 13.3 Å². The monoisotopic (exact) mass is 288 g/mol. The van der Waals surface area contributed by atoms with E-state index in [4.69, 9.17) is 4.74 Å². The molecule has 2 heterocycles. The number of nitrogens with one attached hydrogen (secondary N) is 1. The molecular weight excluding hydrogens is 268 g/mol. The first-order valence-corrected chi connectivity index (χ1v) is 7.32. The molecule has 0 radical (unpaired) electrons. The van der Waals surface area contributed by atoms with Crippen LogP contribution < -0.4 is 5.32 Å². The summed E-state index contributed by atoms with van der Waals surface area (Å²) in [6.07, 6.45) is 6.67. The van der Waals surface area contributed by atoms with E-state index in [0.717, 1.165) is 19.3 Å². The lowest BCUT2D eigenvalue weighted by atomic mass is 9.89. The number of aryl methyl sites for hydroxylation is 1. The third-order valence-electron chi connectivity index (χ3n) is 3.99. The van der Waals surface area contributed by atoms with Crippen LogP contribution in [0, 0.1) is 5.92 Å². The second kappa shape index (κ2) is 5.81. The van der Waals surface area contributed by atoms with Crippen molar-refractivity contribution in [1.82, 2.24) is 19.9 Å². The van der Waals surface area contributed by atoms with Crippen LogP contribution in [0.5, 0.6) is 0 Å². The first-order chi connectivity index (χ1) is 10.2. The Balaban J connectivity index is 1.91. The van der Waals surface area contributed by atoms with E-state index in [-0.39, 0.29) is 5.91 Å². The molecule has 0 saturated carbocycles. The van der Waals surface area contributed by atoms with Crippen molar-refractivity contribution in [3.8, 4) is 0 Å². The number of nitrogens with zero attached hydrogens (tertiary/aromatic N) is 3. The predicted octanol–water partition coefficient (Wildman–Crippen LogP) is 1.23. The highest BCUT2D eigenvalue weighted by atomic mass is 16.5. The van der Waals surface area contributed by atoms with Crippen LogP contribution in [0.2, 0.25) is 0 Å². The van der Waals surface area contributed by atoms with Crippen molar-refractivity contribution in [3.63, 3.8) is 0 Å². The van der Waals surface area contributed by atoms with Gasteiger partial charge in [-0.05, 0) is 30.7 Å². The number of ether oxygens (including phenoxy) is 1. The molecule has 1 N–H and O–H groups in total. The molecule has 0 aromatic carbocycles. The van der Waals surface area contributed by atoms with Crippen LogP contribution in [0.3, 0.4) is 0 Å². The first kappa shape index (κ1) is 14.0. The van der Waals surface area contributed by atoms with Gasteiger partial charge in [0.15, 0.2) is 5.65 Å². The summed E-state index contributed by atoms with van der Waals surface area (Å²) in [5, 5.41) is 7.18. The maximum Gasteiger partial charge on any atom is 0.256 e. The van der Waals surface area contributed by atoms with Gasteiger partial charge in [-0.3, -0.25) is 4.79 Å². The van der Waals surface area contributed by atoms with Crippen molar-refractivity contribution in [2.75, 3.05) is 20.3 Å². The summed E-state index contributed by atoms with van der Waals surface area (Å²) in [5.41, 5.74) is 3.59. The number of methoxy groups -OCH3 is 1. The number of hydrogen-bond acceptors (Lipinski definition) is 4. The third kappa shape index (κ3) is 2.63. The van der Waals surface area contributed by atoms with E-state index >= 15 is 0 Å². The van der Waals surface area contributed by atoms with E-state index in [2.05, 4.69) is 22.3 Å². The van der Waals surface area contributed by atoms with Crippen LogP contribution in [0.1, 0.15) is 35.0 Å². The van der Waals surface area contributed by atoms with Gasteiger partial charge in [0, 0.05) is 25.5 Å². The van der Waals surface area contributed by atoms with Crippen LogP contribution in [0.25, 0.3) is 5.65 Å². The largest absolute Gasteiger partial charge is 0.383 e. The predicted molar refractivity (Wildman–Crippen MR) is 78.4 cm³/mol. The summed E-state index contributed by atoms with van der Waals surface area (Å²) < 4.78 is 6.76. The molecule has 1 unspecified atom stereocenters. The van der Waals surface area contributed by atoms with Gasteiger partial charge >= 0.3 is 0 Å². The molecule has 21 heavy (non-hydrogen) atoms. The molecule has 0 fully saturated rings. The molecule has 0 aliphatic heterocycles. The number of carbonyl (C=O) groups excluding carboxylic acids is 1. The fourth-order valence-corrected chi connectivity index (χ4v) is 2.83. The summed E-state index contributed by atoms with van der Waals surface area (Å²) in [5.74, 6) is 0.530. The zero-order valence-electron chi connectivity index (χ0n) is 12.4. The van der Waals surface area contributed by atoms with Crippen molar-refractivity contribution in [3.05, 3.63) is 29.2 Å². The quantitative estimate of drug-likeness (QED) is 0.859. The Morgan fingerprint density at radius 3 is 3.19 bits per heavy atom. The second-order valence-electron chi connectivity index (χ2n) is 5.62. The van der Waals surface area contributed by atoms with Gasteiger partial charge in [-0.1, -0.05) is 6.92 Å². The van der Waals surface area contributed by atoms with Crippen LogP contribution in [0.15, 0.2) is 12.4 Å². The van der Waals surface area contributed by atoms with E-state index in [1.165, 1.54) is 11.3 Å². The van der Waals surface area contributed by atoms with Gasteiger partial charge in [-0.15, -0.1) is 0 Å². The number of hydrogen-bond donors (Lipinski definition) is 1. The molecule has 6 heteroatoms. The number of rotatable bonds is 4. The van der Waals surface area contributed by atoms with Gasteiger partial charge in [-0.2, -0.15) is 5.10 Å². The maximum atomic E-state index is 12.2. The minimum atomic E-state index is -0.154. The van der Waals surface area contributed by atoms with Crippen LogP contribution in [0.4, 0.5) is 0 Å². The van der Waals surface area contributed by atoms with Crippen LogP contribution >= 0.6 is 0 Å². The highest BCUT2D eigenvalue weighted by Crippen LogP contribution is 2.25. The molecule has 1 aliphatic rings. The fraction of sp³-hybridized carbons (Fsp3) is 0.533. The van der Waals surface area contributed by atoms with Crippen LogP contribution in [-0.4, -0.2) is 40.8 Å².